The number of hydrogen-bond acceptors (Lipinski definition) is 3. The summed E-state index contributed by atoms with van der Waals surface area (Å²) in [6, 6.07) is 14.2. The molecule has 1 aromatic carbocycles. The zero-order chi connectivity index (χ0) is 18.6. The lowest BCUT2D eigenvalue weighted by Crippen LogP contribution is -2.41. The molecule has 2 rings (SSSR count). The Morgan fingerprint density at radius 3 is 2.62 bits per heavy atom. The Balaban J connectivity index is 1.59. The Kier molecular flexibility index (Phi) is 8.69. The van der Waals surface area contributed by atoms with E-state index in [9.17, 15) is 4.79 Å². The fourth-order valence-corrected chi connectivity index (χ4v) is 3.38. The van der Waals surface area contributed by atoms with E-state index in [1.165, 1.54) is 4.88 Å². The van der Waals surface area contributed by atoms with Crippen LogP contribution in [0.15, 0.2) is 52.8 Å². The zero-order valence-electron chi connectivity index (χ0n) is 15.5. The van der Waals surface area contributed by atoms with E-state index in [2.05, 4.69) is 45.4 Å². The second kappa shape index (κ2) is 11.3. The van der Waals surface area contributed by atoms with Gasteiger partial charge >= 0.3 is 0 Å². The first-order valence-corrected chi connectivity index (χ1v) is 9.83. The van der Waals surface area contributed by atoms with Gasteiger partial charge in [-0.05, 0) is 29.3 Å². The molecule has 0 spiro atoms. The molecule has 1 unspecified atom stereocenters. The predicted molar refractivity (Wildman–Crippen MR) is 109 cm³/mol. The van der Waals surface area contributed by atoms with Crippen molar-refractivity contribution in [2.75, 3.05) is 20.1 Å². The normalized spacial score (nSPS) is 12.5. The maximum atomic E-state index is 11.9. The number of hydrogen-bond donors (Lipinski definition) is 3. The molecular weight excluding hydrogens is 344 g/mol. The van der Waals surface area contributed by atoms with Gasteiger partial charge in [0.25, 0.3) is 0 Å². The Morgan fingerprint density at radius 2 is 1.92 bits per heavy atom. The maximum absolute atomic E-state index is 11.9. The summed E-state index contributed by atoms with van der Waals surface area (Å²) in [5, 5.41) is 11.6. The van der Waals surface area contributed by atoms with Crippen LogP contribution in [-0.2, 0) is 17.8 Å². The Hall–Kier alpha value is -2.34. The van der Waals surface area contributed by atoms with Crippen LogP contribution in [0.3, 0.4) is 0 Å². The first-order chi connectivity index (χ1) is 12.7. The molecule has 0 bridgehead atoms. The predicted octanol–water partition coefficient (Wildman–Crippen LogP) is 2.80. The third-order valence-electron chi connectivity index (χ3n) is 3.95. The van der Waals surface area contributed by atoms with Gasteiger partial charge in [-0.3, -0.25) is 9.79 Å². The van der Waals surface area contributed by atoms with Crippen LogP contribution < -0.4 is 16.0 Å². The number of thiophene rings is 1. The molecule has 1 amide bonds. The van der Waals surface area contributed by atoms with E-state index in [0.29, 0.717) is 25.4 Å². The van der Waals surface area contributed by atoms with Gasteiger partial charge in [0.1, 0.15) is 0 Å². The molecule has 0 saturated carbocycles. The van der Waals surface area contributed by atoms with Gasteiger partial charge in [0.05, 0.1) is 0 Å². The number of carbonyl (C=O) groups excluding carboxylic acids is 1. The molecule has 6 heteroatoms. The lowest BCUT2D eigenvalue weighted by atomic mass is 10.1. The van der Waals surface area contributed by atoms with Crippen molar-refractivity contribution in [1.82, 2.24) is 16.0 Å². The van der Waals surface area contributed by atoms with Gasteiger partial charge in [0.2, 0.25) is 5.91 Å². The van der Waals surface area contributed by atoms with Gasteiger partial charge in [-0.1, -0.05) is 43.3 Å². The van der Waals surface area contributed by atoms with Crippen LogP contribution in [0.4, 0.5) is 0 Å². The third-order valence-corrected chi connectivity index (χ3v) is 4.85. The molecule has 0 radical (unpaired) electrons. The third kappa shape index (κ3) is 7.70. The summed E-state index contributed by atoms with van der Waals surface area (Å²) in [4.78, 5) is 17.5. The van der Waals surface area contributed by atoms with Crippen molar-refractivity contribution in [2.45, 2.75) is 26.3 Å². The Bertz CT molecular complexity index is 670. The summed E-state index contributed by atoms with van der Waals surface area (Å²) in [6.07, 6.45) is 1.47. The highest BCUT2D eigenvalue weighted by Crippen LogP contribution is 2.13. The van der Waals surface area contributed by atoms with Gasteiger partial charge in [-0.25, -0.2) is 0 Å². The van der Waals surface area contributed by atoms with Crippen LogP contribution in [0.5, 0.6) is 0 Å². The summed E-state index contributed by atoms with van der Waals surface area (Å²) >= 11 is 1.79. The van der Waals surface area contributed by atoms with Crippen molar-refractivity contribution in [3.63, 3.8) is 0 Å². The molecule has 1 aromatic heterocycles. The van der Waals surface area contributed by atoms with Gasteiger partial charge in [-0.2, -0.15) is 0 Å². The summed E-state index contributed by atoms with van der Waals surface area (Å²) < 4.78 is 0. The topological polar surface area (TPSA) is 65.5 Å². The maximum Gasteiger partial charge on any atom is 0.222 e. The number of carbonyl (C=O) groups is 1. The van der Waals surface area contributed by atoms with Crippen LogP contribution in [0.1, 0.15) is 23.8 Å². The van der Waals surface area contributed by atoms with Gasteiger partial charge in [-0.15, -0.1) is 11.3 Å². The quantitative estimate of drug-likeness (QED) is 0.468. The fraction of sp³-hybridized carbons (Fsp3) is 0.400. The van der Waals surface area contributed by atoms with E-state index < -0.39 is 0 Å². The van der Waals surface area contributed by atoms with Gasteiger partial charge in [0.15, 0.2) is 5.96 Å². The minimum atomic E-state index is 0.0304. The lowest BCUT2D eigenvalue weighted by molar-refractivity contribution is -0.121. The molecular formula is C20H28N4OS. The minimum Gasteiger partial charge on any atom is -0.356 e. The molecule has 5 nitrogen and oxygen atoms in total. The van der Waals surface area contributed by atoms with Crippen molar-refractivity contribution in [3.8, 4) is 0 Å². The molecule has 2 aromatic rings. The van der Waals surface area contributed by atoms with E-state index in [4.69, 9.17) is 0 Å². The first-order valence-electron chi connectivity index (χ1n) is 8.95. The van der Waals surface area contributed by atoms with E-state index in [1.54, 1.807) is 18.4 Å². The van der Waals surface area contributed by atoms with Crippen LogP contribution in [0.25, 0.3) is 0 Å². The van der Waals surface area contributed by atoms with E-state index in [-0.39, 0.29) is 5.91 Å². The van der Waals surface area contributed by atoms with Gasteiger partial charge in [0, 0.05) is 38.0 Å². The summed E-state index contributed by atoms with van der Waals surface area (Å²) in [5.41, 5.74) is 1.10. The number of aliphatic imine (C=N–C) groups is 1. The molecule has 0 aliphatic rings. The van der Waals surface area contributed by atoms with Gasteiger partial charge < -0.3 is 16.0 Å². The van der Waals surface area contributed by atoms with Crippen LogP contribution in [-0.4, -0.2) is 32.0 Å². The Labute approximate surface area is 159 Å². The highest BCUT2D eigenvalue weighted by atomic mass is 32.1. The highest BCUT2D eigenvalue weighted by Gasteiger charge is 2.07. The fourth-order valence-electron chi connectivity index (χ4n) is 2.52. The number of rotatable bonds is 9. The average Bonchev–Trinajstić information content (AvgIpc) is 3.16. The molecule has 140 valence electrons. The molecule has 3 N–H and O–H groups in total. The average molecular weight is 373 g/mol. The summed E-state index contributed by atoms with van der Waals surface area (Å²) in [6.45, 7) is 4.18. The van der Waals surface area contributed by atoms with Crippen LogP contribution in [0, 0.1) is 5.92 Å². The second-order valence-electron chi connectivity index (χ2n) is 6.28. The zero-order valence-corrected chi connectivity index (χ0v) is 16.3. The number of benzene rings is 1. The number of amides is 1. The SMILES string of the molecule is CN=C(NCCC(=O)NCc1ccccc1)NCC(C)Cc1cccs1. The van der Waals surface area contributed by atoms with Crippen molar-refractivity contribution in [1.29, 1.82) is 0 Å². The summed E-state index contributed by atoms with van der Waals surface area (Å²) in [5.74, 6) is 1.28. The molecule has 0 aliphatic heterocycles. The smallest absolute Gasteiger partial charge is 0.222 e. The highest BCUT2D eigenvalue weighted by molar-refractivity contribution is 7.09. The molecule has 0 aliphatic carbocycles. The molecule has 0 saturated heterocycles. The van der Waals surface area contributed by atoms with E-state index in [0.717, 1.165) is 24.5 Å². The monoisotopic (exact) mass is 372 g/mol. The van der Waals surface area contributed by atoms with Crippen molar-refractivity contribution in [2.24, 2.45) is 10.9 Å². The van der Waals surface area contributed by atoms with Crippen LogP contribution in [0.2, 0.25) is 0 Å². The Morgan fingerprint density at radius 1 is 1.12 bits per heavy atom. The number of nitrogens with zero attached hydrogens (tertiary/aromatic N) is 1. The van der Waals surface area contributed by atoms with E-state index >= 15 is 0 Å². The van der Waals surface area contributed by atoms with E-state index in [1.807, 2.05) is 30.3 Å². The molecule has 1 atom stereocenters. The number of guanidine groups is 1. The molecule has 0 fully saturated rings. The van der Waals surface area contributed by atoms with Crippen LogP contribution >= 0.6 is 11.3 Å². The number of nitrogens with one attached hydrogen (secondary N) is 3. The second-order valence-corrected chi connectivity index (χ2v) is 7.31. The molecule has 1 heterocycles. The first kappa shape index (κ1) is 20.0. The standard InChI is InChI=1S/C20H28N4OS/c1-16(13-18-9-6-12-26-18)14-24-20(21-2)22-11-10-19(25)23-15-17-7-4-3-5-8-17/h3-9,12,16H,10-11,13-15H2,1-2H3,(H,23,25)(H2,21,22,24). The minimum absolute atomic E-state index is 0.0304. The van der Waals surface area contributed by atoms with Crippen molar-refractivity contribution >= 4 is 23.2 Å². The van der Waals surface area contributed by atoms with Crippen molar-refractivity contribution < 1.29 is 4.79 Å². The van der Waals surface area contributed by atoms with Crippen molar-refractivity contribution in [3.05, 3.63) is 58.3 Å². The summed E-state index contributed by atoms with van der Waals surface area (Å²) in [7, 11) is 1.74. The lowest BCUT2D eigenvalue weighted by Gasteiger charge is -2.15. The molecule has 26 heavy (non-hydrogen) atoms. The largest absolute Gasteiger partial charge is 0.356 e.